The van der Waals surface area contributed by atoms with E-state index in [2.05, 4.69) is 52.1 Å². The quantitative estimate of drug-likeness (QED) is 0.443. The lowest BCUT2D eigenvalue weighted by atomic mass is 9.70. The predicted octanol–water partition coefficient (Wildman–Crippen LogP) is 3.11. The van der Waals surface area contributed by atoms with Crippen molar-refractivity contribution < 1.29 is 9.59 Å². The number of H-pyrrole nitrogens is 1. The van der Waals surface area contributed by atoms with Crippen LogP contribution in [0.4, 0.5) is 11.5 Å². The molecule has 4 aromatic rings. The normalized spacial score (nSPS) is 24.1. The highest BCUT2D eigenvalue weighted by Crippen LogP contribution is 2.59. The third-order valence-corrected chi connectivity index (χ3v) is 7.84. The first-order valence-electron chi connectivity index (χ1n) is 11.8. The molecule has 0 aliphatic carbocycles. The summed E-state index contributed by atoms with van der Waals surface area (Å²) in [5, 5.41) is 7.78. The van der Waals surface area contributed by atoms with Crippen LogP contribution in [0.2, 0.25) is 0 Å². The molecule has 0 bridgehead atoms. The first kappa shape index (κ1) is 20.3. The number of hydrogen-bond donors (Lipinski definition) is 2. The van der Waals surface area contributed by atoms with Crippen molar-refractivity contribution in [2.75, 3.05) is 10.2 Å². The third-order valence-electron chi connectivity index (χ3n) is 7.84. The van der Waals surface area contributed by atoms with Gasteiger partial charge in [0, 0.05) is 17.5 Å². The summed E-state index contributed by atoms with van der Waals surface area (Å²) in [6, 6.07) is 6.11. The minimum absolute atomic E-state index is 0.0338. The van der Waals surface area contributed by atoms with Crippen molar-refractivity contribution in [2.24, 2.45) is 0 Å². The number of nitrogens with one attached hydrogen (secondary N) is 2. The molecule has 2 N–H and O–H groups in total. The van der Waals surface area contributed by atoms with Gasteiger partial charge in [0.2, 0.25) is 11.8 Å². The van der Waals surface area contributed by atoms with E-state index in [0.717, 1.165) is 28.8 Å². The number of nitrogens with zero attached hydrogens (tertiary/aromatic N) is 6. The molecule has 6 heterocycles. The van der Waals surface area contributed by atoms with Gasteiger partial charge in [0.05, 0.1) is 17.7 Å². The van der Waals surface area contributed by atoms with E-state index in [0.29, 0.717) is 34.4 Å². The van der Waals surface area contributed by atoms with E-state index in [1.807, 2.05) is 24.0 Å². The zero-order chi connectivity index (χ0) is 24.3. The molecule has 3 aliphatic rings. The number of imidazole rings is 1. The summed E-state index contributed by atoms with van der Waals surface area (Å²) in [5.74, 6) is 0.929. The molecule has 2 amide bonds. The van der Waals surface area contributed by atoms with Crippen LogP contribution >= 0.6 is 0 Å². The van der Waals surface area contributed by atoms with Gasteiger partial charge in [0.15, 0.2) is 11.5 Å². The fourth-order valence-corrected chi connectivity index (χ4v) is 6.63. The van der Waals surface area contributed by atoms with Gasteiger partial charge in [-0.15, -0.1) is 0 Å². The second kappa shape index (κ2) is 6.32. The molecule has 2 atom stereocenters. The minimum atomic E-state index is -1.15. The van der Waals surface area contributed by atoms with Crippen LogP contribution < -0.4 is 10.2 Å². The van der Waals surface area contributed by atoms with Gasteiger partial charge >= 0.3 is 0 Å². The van der Waals surface area contributed by atoms with E-state index in [1.54, 1.807) is 11.0 Å². The standard InChI is InChI=1S/C25H24N8O2/c1-12-8-24(3,4)32-19-14(12)6-5-7-15(19)25(23(32)35)9-16(34)30-21-17(25)13(2)31-33(21)22-18-20(27-10-26-18)28-11-29-22/h5-7,10-12H,8-9H2,1-4H3,(H,30,34)(H,26,27,28,29)/t12-,25-/m0/s1. The maximum Gasteiger partial charge on any atom is 0.243 e. The molecule has 10 nitrogen and oxygen atoms in total. The number of aryl methyl sites for hydroxylation is 1. The molecule has 10 heteroatoms. The van der Waals surface area contributed by atoms with Crippen molar-refractivity contribution in [1.82, 2.24) is 29.7 Å². The fourth-order valence-electron chi connectivity index (χ4n) is 6.63. The van der Waals surface area contributed by atoms with Crippen LogP contribution in [0.25, 0.3) is 17.0 Å². The average molecular weight is 469 g/mol. The van der Waals surface area contributed by atoms with Crippen molar-refractivity contribution in [2.45, 2.75) is 57.4 Å². The first-order chi connectivity index (χ1) is 16.7. The summed E-state index contributed by atoms with van der Waals surface area (Å²) in [4.78, 5) is 45.7. The summed E-state index contributed by atoms with van der Waals surface area (Å²) in [6.45, 7) is 8.30. The Hall–Kier alpha value is -4.08. The van der Waals surface area contributed by atoms with E-state index in [-0.39, 0.29) is 23.8 Å². The Morgan fingerprint density at radius 2 is 1.97 bits per heavy atom. The molecule has 1 spiro atoms. The zero-order valence-corrected chi connectivity index (χ0v) is 19.9. The zero-order valence-electron chi connectivity index (χ0n) is 19.9. The topological polar surface area (TPSA) is 122 Å². The molecule has 35 heavy (non-hydrogen) atoms. The number of anilines is 2. The van der Waals surface area contributed by atoms with Gasteiger partial charge in [-0.25, -0.2) is 15.0 Å². The van der Waals surface area contributed by atoms with E-state index in [4.69, 9.17) is 5.10 Å². The summed E-state index contributed by atoms with van der Waals surface area (Å²) in [7, 11) is 0. The molecular formula is C25H24N8O2. The highest BCUT2D eigenvalue weighted by atomic mass is 16.2. The maximum absolute atomic E-state index is 14.5. The maximum atomic E-state index is 14.5. The Balaban J connectivity index is 1.55. The molecule has 0 saturated carbocycles. The molecule has 0 fully saturated rings. The lowest BCUT2D eigenvalue weighted by Crippen LogP contribution is -2.54. The lowest BCUT2D eigenvalue weighted by molar-refractivity contribution is -0.127. The number of para-hydroxylation sites is 1. The SMILES string of the molecule is Cc1nn(-c2ncnc3nc[nH]c23)c2c1[C@@]1(CC(=O)N2)C(=O)N2c3c(cccc31)[C@@H](C)CC2(C)C. The molecule has 3 aromatic heterocycles. The number of amides is 2. The van der Waals surface area contributed by atoms with Crippen molar-refractivity contribution >= 4 is 34.5 Å². The van der Waals surface area contributed by atoms with Crippen molar-refractivity contribution in [3.63, 3.8) is 0 Å². The number of benzene rings is 1. The van der Waals surface area contributed by atoms with E-state index < -0.39 is 5.41 Å². The van der Waals surface area contributed by atoms with Gasteiger partial charge in [-0.3, -0.25) is 9.59 Å². The van der Waals surface area contributed by atoms with Crippen LogP contribution in [0.1, 0.15) is 61.9 Å². The number of fused-ring (bicyclic) bond motifs is 4. The lowest BCUT2D eigenvalue weighted by Gasteiger charge is -2.44. The van der Waals surface area contributed by atoms with Gasteiger partial charge in [-0.05, 0) is 44.2 Å². The Kier molecular flexibility index (Phi) is 3.67. The average Bonchev–Trinajstić information content (AvgIpc) is 3.47. The number of aromatic amines is 1. The number of carbonyl (C=O) groups is 2. The van der Waals surface area contributed by atoms with Crippen LogP contribution in [0, 0.1) is 6.92 Å². The number of aromatic nitrogens is 6. The van der Waals surface area contributed by atoms with Crippen molar-refractivity contribution in [1.29, 1.82) is 0 Å². The largest absolute Gasteiger partial charge is 0.340 e. The van der Waals surface area contributed by atoms with Crippen LogP contribution in [0.3, 0.4) is 0 Å². The van der Waals surface area contributed by atoms with E-state index in [1.165, 1.54) is 6.33 Å². The molecule has 1 aromatic carbocycles. The van der Waals surface area contributed by atoms with Crippen molar-refractivity contribution in [3.8, 4) is 5.82 Å². The Morgan fingerprint density at radius 1 is 1.14 bits per heavy atom. The van der Waals surface area contributed by atoms with Gasteiger partial charge in [0.25, 0.3) is 0 Å². The van der Waals surface area contributed by atoms with Gasteiger partial charge in [-0.1, -0.05) is 25.1 Å². The predicted molar refractivity (Wildman–Crippen MR) is 129 cm³/mol. The number of carbonyl (C=O) groups excluding carboxylic acids is 2. The Bertz CT molecular complexity index is 1600. The second-order valence-electron chi connectivity index (χ2n) is 10.5. The Morgan fingerprint density at radius 3 is 2.80 bits per heavy atom. The smallest absolute Gasteiger partial charge is 0.243 e. The first-order valence-corrected chi connectivity index (χ1v) is 11.8. The summed E-state index contributed by atoms with van der Waals surface area (Å²) < 4.78 is 1.60. The second-order valence-corrected chi connectivity index (χ2v) is 10.5. The van der Waals surface area contributed by atoms with Crippen LogP contribution in [-0.2, 0) is 15.0 Å². The number of hydrogen-bond acceptors (Lipinski definition) is 6. The molecular weight excluding hydrogens is 444 g/mol. The van der Waals surface area contributed by atoms with Crippen LogP contribution in [0.5, 0.6) is 0 Å². The van der Waals surface area contributed by atoms with Gasteiger partial charge < -0.3 is 15.2 Å². The van der Waals surface area contributed by atoms with Gasteiger partial charge in [-0.2, -0.15) is 9.78 Å². The molecule has 3 aliphatic heterocycles. The van der Waals surface area contributed by atoms with E-state index >= 15 is 0 Å². The highest BCUT2D eigenvalue weighted by molar-refractivity contribution is 6.17. The summed E-state index contributed by atoms with van der Waals surface area (Å²) in [6.07, 6.45) is 3.84. The van der Waals surface area contributed by atoms with Gasteiger partial charge in [0.1, 0.15) is 23.1 Å². The molecule has 0 saturated heterocycles. The monoisotopic (exact) mass is 468 g/mol. The molecule has 176 valence electrons. The Labute approximate surface area is 200 Å². The molecule has 0 radical (unpaired) electrons. The molecule has 0 unspecified atom stereocenters. The number of rotatable bonds is 1. The fraction of sp³-hybridized carbons (Fsp3) is 0.360. The van der Waals surface area contributed by atoms with Crippen LogP contribution in [0.15, 0.2) is 30.9 Å². The summed E-state index contributed by atoms with van der Waals surface area (Å²) >= 11 is 0. The van der Waals surface area contributed by atoms with E-state index in [9.17, 15) is 9.59 Å². The van der Waals surface area contributed by atoms with Crippen molar-refractivity contribution in [3.05, 3.63) is 53.2 Å². The molecule has 7 rings (SSSR count). The summed E-state index contributed by atoms with van der Waals surface area (Å²) in [5.41, 5.74) is 3.94. The van der Waals surface area contributed by atoms with Crippen LogP contribution in [-0.4, -0.2) is 47.1 Å². The minimum Gasteiger partial charge on any atom is -0.340 e. The highest BCUT2D eigenvalue weighted by Gasteiger charge is 2.62. The third kappa shape index (κ3) is 2.34.